The van der Waals surface area contributed by atoms with Gasteiger partial charge in [-0.05, 0) is 69.8 Å². The molecule has 2 N–H and O–H groups in total. The van der Waals surface area contributed by atoms with Gasteiger partial charge in [0.2, 0.25) is 11.9 Å². The SMILES string of the molecule is C[C@@H]1CN(c2ccc(Nc3ncc(C(F)(F)F)c(NCCCN4CCOCCC4=O)n3)c(C3CC3)c2)[C@H](C)CN1C. The van der Waals surface area contributed by atoms with Gasteiger partial charge in [-0.3, -0.25) is 9.69 Å². The number of nitrogens with one attached hydrogen (secondary N) is 2. The van der Waals surface area contributed by atoms with E-state index in [1.165, 1.54) is 0 Å². The molecular weight excluding hydrogens is 535 g/mol. The number of aromatic nitrogens is 2. The van der Waals surface area contributed by atoms with Crippen LogP contribution in [0.5, 0.6) is 0 Å². The monoisotopic (exact) mass is 575 g/mol. The number of hydrogen-bond donors (Lipinski definition) is 2. The number of carbonyl (C=O) groups excluding carboxylic acids is 1. The lowest BCUT2D eigenvalue weighted by Crippen LogP contribution is -2.55. The summed E-state index contributed by atoms with van der Waals surface area (Å²) in [5, 5.41) is 6.04. The molecule has 3 fully saturated rings. The molecule has 1 amide bonds. The summed E-state index contributed by atoms with van der Waals surface area (Å²) in [6.07, 6.45) is -0.809. The number of hydrogen-bond acceptors (Lipinski definition) is 8. The molecule has 3 aliphatic rings. The highest BCUT2D eigenvalue weighted by Gasteiger charge is 2.36. The van der Waals surface area contributed by atoms with Gasteiger partial charge in [0.05, 0.1) is 19.6 Å². The molecule has 1 aromatic heterocycles. The third-order valence-corrected chi connectivity index (χ3v) is 8.24. The Kier molecular flexibility index (Phi) is 8.88. The molecule has 0 unspecified atom stereocenters. The number of amides is 1. The van der Waals surface area contributed by atoms with Gasteiger partial charge in [-0.2, -0.15) is 18.2 Å². The van der Waals surface area contributed by atoms with Crippen molar-refractivity contribution in [2.45, 2.75) is 63.7 Å². The molecule has 5 rings (SSSR count). The minimum atomic E-state index is -4.60. The van der Waals surface area contributed by atoms with Crippen LogP contribution in [0.1, 0.15) is 56.6 Å². The zero-order valence-corrected chi connectivity index (χ0v) is 24.0. The average molecular weight is 576 g/mol. The predicted molar refractivity (Wildman–Crippen MR) is 153 cm³/mol. The summed E-state index contributed by atoms with van der Waals surface area (Å²) in [5.74, 6) is 0.250. The number of piperazine rings is 1. The van der Waals surface area contributed by atoms with Crippen molar-refractivity contribution in [3.05, 3.63) is 35.5 Å². The summed E-state index contributed by atoms with van der Waals surface area (Å²) in [7, 11) is 2.15. The zero-order valence-electron chi connectivity index (χ0n) is 24.0. The fourth-order valence-corrected chi connectivity index (χ4v) is 5.57. The van der Waals surface area contributed by atoms with E-state index in [2.05, 4.69) is 63.4 Å². The van der Waals surface area contributed by atoms with Crippen LogP contribution in [0.2, 0.25) is 0 Å². The van der Waals surface area contributed by atoms with E-state index in [1.54, 1.807) is 4.90 Å². The lowest BCUT2D eigenvalue weighted by Gasteiger charge is -2.44. The number of anilines is 4. The minimum Gasteiger partial charge on any atom is -0.379 e. The first-order chi connectivity index (χ1) is 19.6. The van der Waals surface area contributed by atoms with Crippen molar-refractivity contribution >= 4 is 29.0 Å². The predicted octanol–water partition coefficient (Wildman–Crippen LogP) is 4.70. The smallest absolute Gasteiger partial charge is 0.379 e. The Morgan fingerprint density at radius 3 is 2.68 bits per heavy atom. The van der Waals surface area contributed by atoms with Crippen LogP contribution in [0.3, 0.4) is 0 Å². The first-order valence-corrected chi connectivity index (χ1v) is 14.5. The van der Waals surface area contributed by atoms with Crippen molar-refractivity contribution in [2.75, 3.05) is 68.5 Å². The number of ether oxygens (including phenoxy) is 1. The summed E-state index contributed by atoms with van der Waals surface area (Å²) < 4.78 is 46.6. The topological polar surface area (TPSA) is 85.9 Å². The van der Waals surface area contributed by atoms with Gasteiger partial charge in [-0.25, -0.2) is 4.98 Å². The van der Waals surface area contributed by atoms with E-state index in [9.17, 15) is 18.0 Å². The number of likely N-dealkylation sites (N-methyl/N-ethyl adjacent to an activating group) is 1. The van der Waals surface area contributed by atoms with Gasteiger partial charge >= 0.3 is 6.18 Å². The van der Waals surface area contributed by atoms with Crippen molar-refractivity contribution < 1.29 is 22.7 Å². The van der Waals surface area contributed by atoms with Crippen molar-refractivity contribution in [2.24, 2.45) is 0 Å². The van der Waals surface area contributed by atoms with Crippen LogP contribution >= 0.6 is 0 Å². The number of halogens is 3. The van der Waals surface area contributed by atoms with Gasteiger partial charge < -0.3 is 25.2 Å². The van der Waals surface area contributed by atoms with Crippen LogP contribution in [-0.2, 0) is 15.7 Å². The Hall–Kier alpha value is -3.12. The van der Waals surface area contributed by atoms with Crippen molar-refractivity contribution in [3.63, 3.8) is 0 Å². The molecule has 1 saturated carbocycles. The molecule has 2 aliphatic heterocycles. The Balaban J connectivity index is 1.30. The first-order valence-electron chi connectivity index (χ1n) is 14.5. The lowest BCUT2D eigenvalue weighted by atomic mass is 10.0. The van der Waals surface area contributed by atoms with Crippen LogP contribution < -0.4 is 15.5 Å². The normalized spacial score (nSPS) is 22.5. The number of carbonyl (C=O) groups is 1. The fraction of sp³-hybridized carbons (Fsp3) is 0.621. The first kappa shape index (κ1) is 29.4. The highest BCUT2D eigenvalue weighted by molar-refractivity contribution is 5.76. The molecule has 12 heteroatoms. The fourth-order valence-electron chi connectivity index (χ4n) is 5.57. The van der Waals surface area contributed by atoms with Crippen molar-refractivity contribution in [1.29, 1.82) is 0 Å². The maximum atomic E-state index is 13.8. The van der Waals surface area contributed by atoms with Crippen LogP contribution in [0, 0.1) is 0 Å². The van der Waals surface area contributed by atoms with Crippen LogP contribution in [0.25, 0.3) is 0 Å². The second kappa shape index (κ2) is 12.4. The number of benzene rings is 1. The molecule has 224 valence electrons. The quantitative estimate of drug-likeness (QED) is 0.417. The van der Waals surface area contributed by atoms with E-state index in [4.69, 9.17) is 4.74 Å². The standard InChI is InChI=1S/C29H40F3N7O2/c1-19-18-39(20(2)17-37(19)3)22-7-8-25(23(15-22)21-5-6-21)35-28-34-16-24(29(30,31)32)27(36-28)33-10-4-11-38-12-14-41-13-9-26(38)40/h7-8,15-16,19-21H,4-6,9-14,17-18H2,1-3H3,(H2,33,34,35,36)/t19-,20-/m1/s1. The summed E-state index contributed by atoms with van der Waals surface area (Å²) in [5.41, 5.74) is 2.21. The molecule has 41 heavy (non-hydrogen) atoms. The second-order valence-electron chi connectivity index (χ2n) is 11.4. The van der Waals surface area contributed by atoms with Gasteiger partial charge in [0.25, 0.3) is 0 Å². The molecule has 1 aliphatic carbocycles. The molecule has 0 radical (unpaired) electrons. The molecule has 0 bridgehead atoms. The Morgan fingerprint density at radius 2 is 1.93 bits per heavy atom. The minimum absolute atomic E-state index is 0.00100. The summed E-state index contributed by atoms with van der Waals surface area (Å²) in [4.78, 5) is 26.9. The van der Waals surface area contributed by atoms with E-state index in [1.807, 2.05) is 6.07 Å². The number of rotatable bonds is 9. The van der Waals surface area contributed by atoms with E-state index >= 15 is 0 Å². The van der Waals surface area contributed by atoms with Gasteiger partial charge in [-0.1, -0.05) is 0 Å². The summed E-state index contributed by atoms with van der Waals surface area (Å²) in [6, 6.07) is 7.10. The van der Waals surface area contributed by atoms with Crippen molar-refractivity contribution in [1.82, 2.24) is 19.8 Å². The highest BCUT2D eigenvalue weighted by atomic mass is 19.4. The van der Waals surface area contributed by atoms with E-state index in [0.717, 1.165) is 49.1 Å². The maximum absolute atomic E-state index is 13.8. The van der Waals surface area contributed by atoms with Crippen LogP contribution in [-0.4, -0.2) is 90.7 Å². The van der Waals surface area contributed by atoms with E-state index in [0.29, 0.717) is 57.1 Å². The molecule has 9 nitrogen and oxygen atoms in total. The molecule has 1 aromatic carbocycles. The van der Waals surface area contributed by atoms with Gasteiger partial charge in [0, 0.05) is 62.4 Å². The lowest BCUT2D eigenvalue weighted by molar-refractivity contribution is -0.137. The van der Waals surface area contributed by atoms with Crippen molar-refractivity contribution in [3.8, 4) is 0 Å². The number of alkyl halides is 3. The number of nitrogens with zero attached hydrogens (tertiary/aromatic N) is 5. The molecule has 3 heterocycles. The Bertz CT molecular complexity index is 1220. The highest BCUT2D eigenvalue weighted by Crippen LogP contribution is 2.45. The van der Waals surface area contributed by atoms with Crippen LogP contribution in [0.15, 0.2) is 24.4 Å². The Labute approximate surface area is 239 Å². The van der Waals surface area contributed by atoms with Gasteiger partial charge in [0.1, 0.15) is 11.4 Å². The molecule has 2 atom stereocenters. The molecular formula is C29H40F3N7O2. The van der Waals surface area contributed by atoms with Crippen LogP contribution in [0.4, 0.5) is 36.3 Å². The third kappa shape index (κ3) is 7.21. The van der Waals surface area contributed by atoms with E-state index < -0.39 is 11.7 Å². The maximum Gasteiger partial charge on any atom is 0.421 e. The summed E-state index contributed by atoms with van der Waals surface area (Å²) in [6.45, 7) is 8.41. The average Bonchev–Trinajstić information content (AvgIpc) is 3.78. The van der Waals surface area contributed by atoms with Gasteiger partial charge in [0.15, 0.2) is 0 Å². The van der Waals surface area contributed by atoms with Gasteiger partial charge in [-0.15, -0.1) is 0 Å². The zero-order chi connectivity index (χ0) is 29.1. The molecule has 2 aromatic rings. The summed E-state index contributed by atoms with van der Waals surface area (Å²) >= 11 is 0. The Morgan fingerprint density at radius 1 is 1.12 bits per heavy atom. The molecule has 2 saturated heterocycles. The second-order valence-corrected chi connectivity index (χ2v) is 11.4. The van der Waals surface area contributed by atoms with E-state index in [-0.39, 0.29) is 24.2 Å². The molecule has 0 spiro atoms. The largest absolute Gasteiger partial charge is 0.421 e. The third-order valence-electron chi connectivity index (χ3n) is 8.24.